The molecule has 0 radical (unpaired) electrons. The summed E-state index contributed by atoms with van der Waals surface area (Å²) in [5.74, 6) is 2.16. The number of nitrogens with zero attached hydrogens (tertiary/aromatic N) is 2. The van der Waals surface area contributed by atoms with Crippen LogP contribution in [0, 0.1) is 17.8 Å². The van der Waals surface area contributed by atoms with E-state index in [-0.39, 0.29) is 6.09 Å². The Bertz CT molecular complexity index is 621. The normalized spacial score (nSPS) is 23.3. The van der Waals surface area contributed by atoms with Gasteiger partial charge in [0.2, 0.25) is 0 Å². The van der Waals surface area contributed by atoms with Crippen molar-refractivity contribution >= 4 is 17.9 Å². The SMILES string of the molecule is CSc1ccc(COC[C@@H]2C[C@@H]2C2CCN(C(=O)OC(C)(C)C)CC2)nc1. The number of likely N-dealkylation sites (tertiary alicyclic amines) is 1. The summed E-state index contributed by atoms with van der Waals surface area (Å²) in [6, 6.07) is 4.14. The third kappa shape index (κ3) is 6.11. The molecule has 2 heterocycles. The zero-order chi connectivity index (χ0) is 19.4. The molecule has 1 amide bonds. The quantitative estimate of drug-likeness (QED) is 0.662. The molecule has 0 aromatic carbocycles. The van der Waals surface area contributed by atoms with E-state index in [1.807, 2.05) is 37.9 Å². The summed E-state index contributed by atoms with van der Waals surface area (Å²) in [6.07, 6.45) is 7.21. The molecule has 3 rings (SSSR count). The molecule has 2 fully saturated rings. The Morgan fingerprint density at radius 1 is 1.30 bits per heavy atom. The van der Waals surface area contributed by atoms with Gasteiger partial charge in [-0.25, -0.2) is 4.79 Å². The van der Waals surface area contributed by atoms with Crippen LogP contribution in [0.15, 0.2) is 23.2 Å². The monoisotopic (exact) mass is 392 g/mol. The van der Waals surface area contributed by atoms with Gasteiger partial charge in [0.1, 0.15) is 5.60 Å². The topological polar surface area (TPSA) is 51.7 Å². The van der Waals surface area contributed by atoms with E-state index in [0.717, 1.165) is 50.1 Å². The Morgan fingerprint density at radius 2 is 2.04 bits per heavy atom. The summed E-state index contributed by atoms with van der Waals surface area (Å²) in [6.45, 7) is 8.79. The van der Waals surface area contributed by atoms with Crippen LogP contribution in [-0.2, 0) is 16.1 Å². The summed E-state index contributed by atoms with van der Waals surface area (Å²) < 4.78 is 11.4. The summed E-state index contributed by atoms with van der Waals surface area (Å²) in [5.41, 5.74) is 0.577. The van der Waals surface area contributed by atoms with E-state index in [4.69, 9.17) is 9.47 Å². The predicted octanol–water partition coefficient (Wildman–Crippen LogP) is 4.60. The molecule has 0 N–H and O–H groups in total. The Balaban J connectivity index is 1.33. The van der Waals surface area contributed by atoms with Crippen LogP contribution >= 0.6 is 11.8 Å². The lowest BCUT2D eigenvalue weighted by Crippen LogP contribution is -2.42. The molecule has 150 valence electrons. The van der Waals surface area contributed by atoms with Gasteiger partial charge >= 0.3 is 6.09 Å². The van der Waals surface area contributed by atoms with Crippen LogP contribution in [0.25, 0.3) is 0 Å². The van der Waals surface area contributed by atoms with Gasteiger partial charge in [-0.3, -0.25) is 4.98 Å². The second-order valence-electron chi connectivity index (χ2n) is 8.67. The molecule has 5 nitrogen and oxygen atoms in total. The number of thioether (sulfide) groups is 1. The number of amides is 1. The van der Waals surface area contributed by atoms with Crippen molar-refractivity contribution in [2.45, 2.75) is 57.1 Å². The largest absolute Gasteiger partial charge is 0.444 e. The van der Waals surface area contributed by atoms with E-state index in [1.54, 1.807) is 11.8 Å². The Hall–Kier alpha value is -1.27. The summed E-state index contributed by atoms with van der Waals surface area (Å²) >= 11 is 1.70. The number of pyridine rings is 1. The molecular weight excluding hydrogens is 360 g/mol. The highest BCUT2D eigenvalue weighted by atomic mass is 32.2. The molecule has 1 aromatic rings. The van der Waals surface area contributed by atoms with Crippen LogP contribution in [0.3, 0.4) is 0 Å². The maximum Gasteiger partial charge on any atom is 0.410 e. The first kappa shape index (κ1) is 20.5. The zero-order valence-corrected chi connectivity index (χ0v) is 17.8. The Labute approximate surface area is 167 Å². The van der Waals surface area contributed by atoms with E-state index in [1.165, 1.54) is 11.3 Å². The van der Waals surface area contributed by atoms with Crippen molar-refractivity contribution < 1.29 is 14.3 Å². The smallest absolute Gasteiger partial charge is 0.410 e. The molecule has 6 heteroatoms. The fourth-order valence-electron chi connectivity index (χ4n) is 3.81. The predicted molar refractivity (Wildman–Crippen MR) is 108 cm³/mol. The van der Waals surface area contributed by atoms with Crippen LogP contribution in [0.1, 0.15) is 45.7 Å². The first-order valence-corrected chi connectivity index (χ1v) is 11.1. The molecule has 0 bridgehead atoms. The minimum absolute atomic E-state index is 0.170. The summed E-state index contributed by atoms with van der Waals surface area (Å²) in [7, 11) is 0. The van der Waals surface area contributed by atoms with E-state index in [2.05, 4.69) is 17.3 Å². The fourth-order valence-corrected chi connectivity index (χ4v) is 4.17. The average molecular weight is 393 g/mol. The lowest BCUT2D eigenvalue weighted by atomic mass is 9.91. The van der Waals surface area contributed by atoms with Gasteiger partial charge in [-0.05, 0) is 76.2 Å². The van der Waals surface area contributed by atoms with Crippen molar-refractivity contribution in [1.82, 2.24) is 9.88 Å². The van der Waals surface area contributed by atoms with Crippen molar-refractivity contribution in [2.75, 3.05) is 26.0 Å². The first-order valence-electron chi connectivity index (χ1n) is 9.90. The maximum absolute atomic E-state index is 12.2. The molecule has 0 spiro atoms. The van der Waals surface area contributed by atoms with Crippen LogP contribution in [0.4, 0.5) is 4.79 Å². The third-order valence-corrected chi connectivity index (χ3v) is 6.10. The van der Waals surface area contributed by atoms with Crippen LogP contribution in [0.2, 0.25) is 0 Å². The molecule has 27 heavy (non-hydrogen) atoms. The second-order valence-corrected chi connectivity index (χ2v) is 9.55. The highest BCUT2D eigenvalue weighted by Crippen LogP contribution is 2.48. The van der Waals surface area contributed by atoms with Gasteiger partial charge in [0, 0.05) is 24.2 Å². The van der Waals surface area contributed by atoms with Crippen molar-refractivity contribution in [1.29, 1.82) is 0 Å². The average Bonchev–Trinajstić information content (AvgIpc) is 3.40. The van der Waals surface area contributed by atoms with E-state index in [9.17, 15) is 4.79 Å². The molecule has 1 saturated heterocycles. The van der Waals surface area contributed by atoms with Crippen molar-refractivity contribution in [3.8, 4) is 0 Å². The highest BCUT2D eigenvalue weighted by Gasteiger charge is 2.44. The van der Waals surface area contributed by atoms with Crippen LogP contribution in [-0.4, -0.2) is 47.5 Å². The van der Waals surface area contributed by atoms with Gasteiger partial charge in [0.05, 0.1) is 18.9 Å². The number of aromatic nitrogens is 1. The second kappa shape index (κ2) is 8.82. The standard InChI is InChI=1S/C21H32N2O3S/c1-21(2,3)26-20(24)23-9-7-15(8-10-23)19-11-16(19)13-25-14-17-5-6-18(27-4)12-22-17/h5-6,12,15-16,19H,7-11,13-14H2,1-4H3/t16-,19+/m0/s1. The van der Waals surface area contributed by atoms with Gasteiger partial charge in [0.25, 0.3) is 0 Å². The number of ether oxygens (including phenoxy) is 2. The molecule has 1 saturated carbocycles. The summed E-state index contributed by atoms with van der Waals surface area (Å²) in [4.78, 5) is 19.6. The molecule has 1 aliphatic carbocycles. The number of hydrogen-bond donors (Lipinski definition) is 0. The van der Waals surface area contributed by atoms with Crippen molar-refractivity contribution in [3.05, 3.63) is 24.0 Å². The first-order chi connectivity index (χ1) is 12.9. The van der Waals surface area contributed by atoms with Gasteiger partial charge in [-0.2, -0.15) is 0 Å². The van der Waals surface area contributed by atoms with E-state index < -0.39 is 5.60 Å². The lowest BCUT2D eigenvalue weighted by molar-refractivity contribution is 0.0170. The maximum atomic E-state index is 12.2. The molecule has 2 atom stereocenters. The zero-order valence-electron chi connectivity index (χ0n) is 16.9. The van der Waals surface area contributed by atoms with Gasteiger partial charge < -0.3 is 14.4 Å². The van der Waals surface area contributed by atoms with Crippen LogP contribution < -0.4 is 0 Å². The number of rotatable bonds is 6. The Kier molecular flexibility index (Phi) is 6.69. The molecule has 1 aromatic heterocycles. The molecule has 0 unspecified atom stereocenters. The minimum Gasteiger partial charge on any atom is -0.444 e. The van der Waals surface area contributed by atoms with Crippen LogP contribution in [0.5, 0.6) is 0 Å². The van der Waals surface area contributed by atoms with Gasteiger partial charge in [-0.1, -0.05) is 0 Å². The summed E-state index contributed by atoms with van der Waals surface area (Å²) in [5, 5.41) is 0. The van der Waals surface area contributed by atoms with Gasteiger partial charge in [-0.15, -0.1) is 11.8 Å². The molecule has 1 aliphatic heterocycles. The lowest BCUT2D eigenvalue weighted by Gasteiger charge is -2.33. The third-order valence-electron chi connectivity index (χ3n) is 5.39. The van der Waals surface area contributed by atoms with E-state index >= 15 is 0 Å². The molecular formula is C21H32N2O3S. The van der Waals surface area contributed by atoms with Gasteiger partial charge in [0.15, 0.2) is 0 Å². The number of hydrogen-bond acceptors (Lipinski definition) is 5. The van der Waals surface area contributed by atoms with Crippen molar-refractivity contribution in [3.63, 3.8) is 0 Å². The number of carbonyl (C=O) groups excluding carboxylic acids is 1. The minimum atomic E-state index is -0.419. The fraction of sp³-hybridized carbons (Fsp3) is 0.714. The molecule has 2 aliphatic rings. The highest BCUT2D eigenvalue weighted by molar-refractivity contribution is 7.98. The number of piperidine rings is 1. The van der Waals surface area contributed by atoms with Crippen molar-refractivity contribution in [2.24, 2.45) is 17.8 Å². The van der Waals surface area contributed by atoms with E-state index in [0.29, 0.717) is 12.5 Å². The Morgan fingerprint density at radius 3 is 2.63 bits per heavy atom. The number of carbonyl (C=O) groups is 1.